The topological polar surface area (TPSA) is 93.0 Å². The van der Waals surface area contributed by atoms with Crippen LogP contribution in [0.3, 0.4) is 0 Å². The third kappa shape index (κ3) is 3.51. The monoisotopic (exact) mass is 433 g/mol. The van der Waals surface area contributed by atoms with E-state index in [9.17, 15) is 10.1 Å². The van der Waals surface area contributed by atoms with Crippen LogP contribution in [0.1, 0.15) is 38.5 Å². The van der Waals surface area contributed by atoms with E-state index in [2.05, 4.69) is 20.6 Å². The highest BCUT2D eigenvalue weighted by molar-refractivity contribution is 6.35. The molecular formula is C20H21Cl2N5O2. The van der Waals surface area contributed by atoms with E-state index in [0.717, 1.165) is 37.0 Å². The molecule has 4 saturated carbocycles. The molecule has 4 fully saturated rings. The number of aromatic nitrogens is 2. The number of hydrogen-bond acceptors (Lipinski definition) is 6. The summed E-state index contributed by atoms with van der Waals surface area (Å²) < 4.78 is 0. The van der Waals surface area contributed by atoms with Crippen molar-refractivity contribution in [2.75, 3.05) is 10.6 Å². The summed E-state index contributed by atoms with van der Waals surface area (Å²) in [6, 6.07) is 4.90. The number of benzene rings is 1. The molecule has 152 valence electrons. The molecule has 4 aliphatic carbocycles. The lowest BCUT2D eigenvalue weighted by atomic mass is 9.53. The molecule has 0 amide bonds. The highest BCUT2D eigenvalue weighted by Gasteiger charge is 2.51. The molecule has 4 aliphatic rings. The molecule has 0 spiro atoms. The van der Waals surface area contributed by atoms with Crippen LogP contribution in [-0.4, -0.2) is 20.4 Å². The zero-order chi connectivity index (χ0) is 20.2. The van der Waals surface area contributed by atoms with Crippen molar-refractivity contribution in [2.24, 2.45) is 17.8 Å². The maximum Gasteiger partial charge on any atom is 0.353 e. The minimum atomic E-state index is -0.441. The minimum Gasteiger partial charge on any atom is -0.359 e. The van der Waals surface area contributed by atoms with Crippen molar-refractivity contribution in [3.05, 3.63) is 44.7 Å². The fraction of sp³-hybridized carbons (Fsp3) is 0.500. The van der Waals surface area contributed by atoms with E-state index in [1.54, 1.807) is 18.2 Å². The smallest absolute Gasteiger partial charge is 0.353 e. The minimum absolute atomic E-state index is 0.0984. The van der Waals surface area contributed by atoms with Gasteiger partial charge >= 0.3 is 5.69 Å². The molecule has 0 aliphatic heterocycles. The standard InChI is InChI=1S/C20H21Cl2N5O2/c21-14-1-2-15(22)16(6-14)25-18-17(27(28)29)19(24-10-23-18)26-20-7-11-3-12(8-20)5-13(4-11)9-20/h1-2,6,10-13H,3-5,7-9H2,(H2,23,24,25,26). The second kappa shape index (κ2) is 6.99. The molecule has 0 saturated heterocycles. The van der Waals surface area contributed by atoms with Crippen LogP contribution in [-0.2, 0) is 0 Å². The quantitative estimate of drug-likeness (QED) is 0.455. The zero-order valence-corrected chi connectivity index (χ0v) is 17.2. The van der Waals surface area contributed by atoms with E-state index in [0.29, 0.717) is 15.7 Å². The van der Waals surface area contributed by atoms with Gasteiger partial charge in [-0.2, -0.15) is 0 Å². The Bertz CT molecular complexity index is 948. The molecule has 2 aromatic rings. The van der Waals surface area contributed by atoms with Gasteiger partial charge in [0.1, 0.15) is 6.33 Å². The summed E-state index contributed by atoms with van der Waals surface area (Å²) in [5.41, 5.74) is 0.194. The lowest BCUT2D eigenvalue weighted by Gasteiger charge is -2.57. The normalized spacial score (nSPS) is 29.7. The third-order valence-electron chi connectivity index (χ3n) is 6.61. The molecule has 4 bridgehead atoms. The largest absolute Gasteiger partial charge is 0.359 e. The molecule has 29 heavy (non-hydrogen) atoms. The number of nitrogens with zero attached hydrogens (tertiary/aromatic N) is 3. The number of halogens is 2. The Hall–Kier alpha value is -2.12. The molecule has 1 aromatic carbocycles. The number of rotatable bonds is 5. The molecule has 6 rings (SSSR count). The van der Waals surface area contributed by atoms with Crippen LogP contribution in [0.15, 0.2) is 24.5 Å². The fourth-order valence-corrected chi connectivity index (χ4v) is 6.31. The molecule has 1 heterocycles. The summed E-state index contributed by atoms with van der Waals surface area (Å²) in [7, 11) is 0. The molecule has 1 aromatic heterocycles. The van der Waals surface area contributed by atoms with Gasteiger partial charge in [-0.1, -0.05) is 23.2 Å². The number of anilines is 3. The van der Waals surface area contributed by atoms with Crippen molar-refractivity contribution < 1.29 is 4.92 Å². The molecule has 9 heteroatoms. The van der Waals surface area contributed by atoms with Crippen LogP contribution in [0, 0.1) is 27.9 Å². The van der Waals surface area contributed by atoms with Gasteiger partial charge in [0, 0.05) is 10.6 Å². The predicted molar refractivity (Wildman–Crippen MR) is 113 cm³/mol. The van der Waals surface area contributed by atoms with Crippen molar-refractivity contribution in [2.45, 2.75) is 44.1 Å². The first kappa shape index (κ1) is 18.9. The average molecular weight is 434 g/mol. The summed E-state index contributed by atoms with van der Waals surface area (Å²) >= 11 is 12.3. The van der Waals surface area contributed by atoms with Crippen LogP contribution < -0.4 is 10.6 Å². The van der Waals surface area contributed by atoms with Gasteiger partial charge in [0.25, 0.3) is 0 Å². The highest BCUT2D eigenvalue weighted by atomic mass is 35.5. The molecular weight excluding hydrogens is 413 g/mol. The van der Waals surface area contributed by atoms with Crippen molar-refractivity contribution in [1.82, 2.24) is 9.97 Å². The van der Waals surface area contributed by atoms with Crippen LogP contribution in [0.2, 0.25) is 10.0 Å². The zero-order valence-electron chi connectivity index (χ0n) is 15.7. The van der Waals surface area contributed by atoms with Gasteiger partial charge in [0.2, 0.25) is 11.6 Å². The van der Waals surface area contributed by atoms with E-state index >= 15 is 0 Å². The van der Waals surface area contributed by atoms with Gasteiger partial charge in [-0.25, -0.2) is 9.97 Å². The summed E-state index contributed by atoms with van der Waals surface area (Å²) in [6.45, 7) is 0. The molecule has 2 N–H and O–H groups in total. The van der Waals surface area contributed by atoms with E-state index in [-0.39, 0.29) is 22.9 Å². The highest BCUT2D eigenvalue weighted by Crippen LogP contribution is 2.57. The lowest BCUT2D eigenvalue weighted by molar-refractivity contribution is -0.383. The number of nitrogens with one attached hydrogen (secondary N) is 2. The molecule has 7 nitrogen and oxygen atoms in total. The maximum absolute atomic E-state index is 12.0. The average Bonchev–Trinajstić information content (AvgIpc) is 2.63. The number of nitro groups is 1. The first-order chi connectivity index (χ1) is 13.9. The van der Waals surface area contributed by atoms with Gasteiger partial charge in [-0.05, 0) is 74.5 Å². The third-order valence-corrected chi connectivity index (χ3v) is 7.17. The Morgan fingerprint density at radius 1 is 1.03 bits per heavy atom. The molecule has 0 unspecified atom stereocenters. The van der Waals surface area contributed by atoms with Crippen LogP contribution in [0.4, 0.5) is 23.0 Å². The molecule has 0 radical (unpaired) electrons. The Labute approximate surface area is 178 Å². The van der Waals surface area contributed by atoms with Crippen LogP contribution in [0.25, 0.3) is 0 Å². The maximum atomic E-state index is 12.0. The fourth-order valence-electron chi connectivity index (χ4n) is 5.97. The summed E-state index contributed by atoms with van der Waals surface area (Å²) in [6.07, 6.45) is 8.42. The van der Waals surface area contributed by atoms with E-state index < -0.39 is 4.92 Å². The van der Waals surface area contributed by atoms with Gasteiger partial charge in [-0.15, -0.1) is 0 Å². The van der Waals surface area contributed by atoms with Crippen molar-refractivity contribution in [3.8, 4) is 0 Å². The van der Waals surface area contributed by atoms with Gasteiger partial charge in [0.15, 0.2) is 0 Å². The Kier molecular flexibility index (Phi) is 4.55. The summed E-state index contributed by atoms with van der Waals surface area (Å²) in [5, 5.41) is 19.3. The first-order valence-corrected chi connectivity index (χ1v) is 10.7. The second-order valence-corrected chi connectivity index (χ2v) is 9.59. The second-order valence-electron chi connectivity index (χ2n) is 8.75. The van der Waals surface area contributed by atoms with Crippen LogP contribution >= 0.6 is 23.2 Å². The van der Waals surface area contributed by atoms with Crippen molar-refractivity contribution >= 4 is 46.2 Å². The Morgan fingerprint density at radius 3 is 2.28 bits per heavy atom. The Morgan fingerprint density at radius 2 is 1.66 bits per heavy atom. The number of hydrogen-bond donors (Lipinski definition) is 2. The lowest BCUT2D eigenvalue weighted by Crippen LogP contribution is -2.55. The summed E-state index contributed by atoms with van der Waals surface area (Å²) in [4.78, 5) is 19.9. The predicted octanol–water partition coefficient (Wildman–Crippen LogP) is 5.82. The van der Waals surface area contributed by atoms with E-state index in [1.807, 2.05) is 0 Å². The molecule has 0 atom stereocenters. The van der Waals surface area contributed by atoms with Crippen molar-refractivity contribution in [1.29, 1.82) is 0 Å². The van der Waals surface area contributed by atoms with Gasteiger partial charge in [0.05, 0.1) is 15.6 Å². The van der Waals surface area contributed by atoms with E-state index in [4.69, 9.17) is 23.2 Å². The van der Waals surface area contributed by atoms with Gasteiger partial charge in [-0.3, -0.25) is 10.1 Å². The van der Waals surface area contributed by atoms with Crippen molar-refractivity contribution in [3.63, 3.8) is 0 Å². The van der Waals surface area contributed by atoms with Crippen LogP contribution in [0.5, 0.6) is 0 Å². The summed E-state index contributed by atoms with van der Waals surface area (Å²) in [5.74, 6) is 2.53. The van der Waals surface area contributed by atoms with Gasteiger partial charge < -0.3 is 10.6 Å². The first-order valence-electron chi connectivity index (χ1n) is 9.90. The van der Waals surface area contributed by atoms with E-state index in [1.165, 1.54) is 25.6 Å². The Balaban J connectivity index is 1.49. The SMILES string of the molecule is O=[N+]([O-])c1c(Nc2cc(Cl)ccc2Cl)ncnc1NC12CC3CC(CC(C3)C1)C2.